The zero-order chi connectivity index (χ0) is 19.5. The summed E-state index contributed by atoms with van der Waals surface area (Å²) in [5.41, 5.74) is 1.65. The fraction of sp³-hybridized carbons (Fsp3) is 0.550. The van der Waals surface area contributed by atoms with E-state index >= 15 is 0 Å². The van der Waals surface area contributed by atoms with Crippen molar-refractivity contribution in [2.24, 2.45) is 5.41 Å². The van der Waals surface area contributed by atoms with Crippen LogP contribution >= 0.6 is 0 Å². The van der Waals surface area contributed by atoms with Crippen LogP contribution in [0.15, 0.2) is 18.2 Å². The first-order chi connectivity index (χ1) is 12.2. The Hall–Kier alpha value is -2.37. The number of carbonyl (C=O) groups excluding carboxylic acids is 3. The van der Waals surface area contributed by atoms with Gasteiger partial charge in [0.25, 0.3) is 0 Å². The van der Waals surface area contributed by atoms with Crippen molar-refractivity contribution >= 4 is 23.9 Å². The molecule has 2 rings (SSSR count). The molecule has 142 valence electrons. The maximum Gasteiger partial charge on any atom is 0.239 e. The molecule has 6 heteroatoms. The van der Waals surface area contributed by atoms with Crippen LogP contribution in [0.25, 0.3) is 0 Å². The summed E-state index contributed by atoms with van der Waals surface area (Å²) in [7, 11) is 0. The molecule has 0 aromatic heterocycles. The fourth-order valence-electron chi connectivity index (χ4n) is 3.13. The second-order valence-corrected chi connectivity index (χ2v) is 7.71. The lowest BCUT2D eigenvalue weighted by Crippen LogP contribution is -2.54. The van der Waals surface area contributed by atoms with Gasteiger partial charge in [0.1, 0.15) is 5.41 Å². The molecule has 26 heavy (non-hydrogen) atoms. The number of aryl methyl sites for hydroxylation is 1. The predicted molar refractivity (Wildman–Crippen MR) is 102 cm³/mol. The summed E-state index contributed by atoms with van der Waals surface area (Å²) >= 11 is 0. The van der Waals surface area contributed by atoms with Gasteiger partial charge in [-0.05, 0) is 37.8 Å². The minimum atomic E-state index is -1.18. The highest BCUT2D eigenvalue weighted by molar-refractivity contribution is 6.10. The van der Waals surface area contributed by atoms with Gasteiger partial charge in [-0.15, -0.1) is 0 Å². The lowest BCUT2D eigenvalue weighted by atomic mass is 9.89. The van der Waals surface area contributed by atoms with E-state index in [0.29, 0.717) is 26.2 Å². The van der Waals surface area contributed by atoms with Gasteiger partial charge in [-0.1, -0.05) is 32.0 Å². The van der Waals surface area contributed by atoms with Crippen LogP contribution in [-0.2, 0) is 14.4 Å². The molecule has 0 aliphatic carbocycles. The van der Waals surface area contributed by atoms with E-state index in [-0.39, 0.29) is 17.7 Å². The molecule has 0 atom stereocenters. The van der Waals surface area contributed by atoms with Gasteiger partial charge < -0.3 is 15.1 Å². The number of amides is 3. The average molecular weight is 359 g/mol. The Morgan fingerprint density at radius 2 is 1.77 bits per heavy atom. The van der Waals surface area contributed by atoms with Crippen molar-refractivity contribution in [3.05, 3.63) is 29.3 Å². The van der Waals surface area contributed by atoms with Crippen LogP contribution in [0.3, 0.4) is 0 Å². The van der Waals surface area contributed by atoms with E-state index < -0.39 is 5.41 Å². The highest BCUT2D eigenvalue weighted by atomic mass is 16.2. The Kier molecular flexibility index (Phi) is 6.05. The van der Waals surface area contributed by atoms with Gasteiger partial charge >= 0.3 is 0 Å². The number of rotatable bonds is 5. The molecule has 1 saturated heterocycles. The number of carbonyl (C=O) groups is 3. The van der Waals surface area contributed by atoms with E-state index in [0.717, 1.165) is 23.2 Å². The summed E-state index contributed by atoms with van der Waals surface area (Å²) in [4.78, 5) is 40.0. The average Bonchev–Trinajstić information content (AvgIpc) is 2.62. The molecule has 1 fully saturated rings. The van der Waals surface area contributed by atoms with Gasteiger partial charge in [0, 0.05) is 31.9 Å². The number of hydrogen-bond donors (Lipinski definition) is 1. The van der Waals surface area contributed by atoms with Crippen molar-refractivity contribution in [2.45, 2.75) is 40.5 Å². The normalized spacial score (nSPS) is 15.2. The van der Waals surface area contributed by atoms with Crippen molar-refractivity contribution in [3.8, 4) is 0 Å². The van der Waals surface area contributed by atoms with Gasteiger partial charge in [-0.2, -0.15) is 0 Å². The molecule has 0 radical (unpaired) electrons. The summed E-state index contributed by atoms with van der Waals surface area (Å²) < 4.78 is 0. The molecular formula is C20H29N3O3. The summed E-state index contributed by atoms with van der Waals surface area (Å²) in [6.07, 6.45) is 0.797. The molecule has 0 bridgehead atoms. The third-order valence-electron chi connectivity index (χ3n) is 5.02. The van der Waals surface area contributed by atoms with Gasteiger partial charge in [0.2, 0.25) is 18.2 Å². The molecule has 1 N–H and O–H groups in total. The number of para-hydroxylation sites is 1. The summed E-state index contributed by atoms with van der Waals surface area (Å²) in [5, 5.41) is 2.99. The summed E-state index contributed by atoms with van der Waals surface area (Å²) in [6, 6.07) is 5.93. The lowest BCUT2D eigenvalue weighted by Gasteiger charge is -2.36. The molecule has 1 aromatic rings. The quantitative estimate of drug-likeness (QED) is 0.648. The monoisotopic (exact) mass is 359 g/mol. The van der Waals surface area contributed by atoms with E-state index in [9.17, 15) is 14.4 Å². The first kappa shape index (κ1) is 19.9. The largest absolute Gasteiger partial charge is 0.342 e. The fourth-order valence-corrected chi connectivity index (χ4v) is 3.13. The molecule has 1 heterocycles. The third-order valence-corrected chi connectivity index (χ3v) is 5.02. The van der Waals surface area contributed by atoms with Gasteiger partial charge in [-0.25, -0.2) is 0 Å². The van der Waals surface area contributed by atoms with Crippen molar-refractivity contribution in [2.75, 3.05) is 31.5 Å². The zero-order valence-corrected chi connectivity index (χ0v) is 16.3. The van der Waals surface area contributed by atoms with Gasteiger partial charge in [-0.3, -0.25) is 14.4 Å². The van der Waals surface area contributed by atoms with Gasteiger partial charge in [0.05, 0.1) is 0 Å². The summed E-state index contributed by atoms with van der Waals surface area (Å²) in [6.45, 7) is 11.3. The van der Waals surface area contributed by atoms with Gasteiger partial charge in [0.15, 0.2) is 0 Å². The Morgan fingerprint density at radius 3 is 2.31 bits per heavy atom. The molecule has 0 spiro atoms. The minimum Gasteiger partial charge on any atom is -0.342 e. The highest BCUT2D eigenvalue weighted by Gasteiger charge is 2.40. The first-order valence-electron chi connectivity index (χ1n) is 9.08. The van der Waals surface area contributed by atoms with Crippen molar-refractivity contribution in [1.82, 2.24) is 9.80 Å². The van der Waals surface area contributed by atoms with E-state index in [4.69, 9.17) is 0 Å². The van der Waals surface area contributed by atoms with Crippen LogP contribution in [0.5, 0.6) is 0 Å². The smallest absolute Gasteiger partial charge is 0.239 e. The van der Waals surface area contributed by atoms with E-state index in [1.54, 1.807) is 23.6 Å². The first-order valence-corrected chi connectivity index (χ1v) is 9.08. The van der Waals surface area contributed by atoms with Crippen molar-refractivity contribution in [3.63, 3.8) is 0 Å². The predicted octanol–water partition coefficient (Wildman–Crippen LogP) is 2.38. The number of nitrogens with zero attached hydrogens (tertiary/aromatic N) is 2. The van der Waals surface area contributed by atoms with Crippen LogP contribution in [0.2, 0.25) is 0 Å². The number of piperazine rings is 1. The maximum atomic E-state index is 12.9. The SMILES string of the molecule is Cc1cccc(C(C)C)c1NC(=O)C(C)(C)C(=O)N1CCN(C=O)CC1. The Labute approximate surface area is 155 Å². The number of benzene rings is 1. The zero-order valence-electron chi connectivity index (χ0n) is 16.3. The Balaban J connectivity index is 2.16. The topological polar surface area (TPSA) is 69.7 Å². The molecule has 1 aromatic carbocycles. The second kappa shape index (κ2) is 7.89. The molecule has 1 aliphatic rings. The maximum absolute atomic E-state index is 12.9. The third kappa shape index (κ3) is 4.06. The number of hydrogen-bond acceptors (Lipinski definition) is 3. The number of nitrogens with one attached hydrogen (secondary N) is 1. The number of anilines is 1. The Morgan fingerprint density at radius 1 is 1.15 bits per heavy atom. The molecule has 3 amide bonds. The summed E-state index contributed by atoms with van der Waals surface area (Å²) in [5.74, 6) is -0.253. The molecule has 0 unspecified atom stereocenters. The van der Waals surface area contributed by atoms with E-state index in [2.05, 4.69) is 19.2 Å². The van der Waals surface area contributed by atoms with Crippen LogP contribution in [0.4, 0.5) is 5.69 Å². The molecular weight excluding hydrogens is 330 g/mol. The van der Waals surface area contributed by atoms with E-state index in [1.807, 2.05) is 25.1 Å². The lowest BCUT2D eigenvalue weighted by molar-refractivity contribution is -0.148. The molecule has 6 nitrogen and oxygen atoms in total. The van der Waals surface area contributed by atoms with Crippen LogP contribution in [0, 0.1) is 12.3 Å². The Bertz CT molecular complexity index is 690. The van der Waals surface area contributed by atoms with Crippen LogP contribution < -0.4 is 5.32 Å². The van der Waals surface area contributed by atoms with Crippen LogP contribution in [0.1, 0.15) is 44.7 Å². The molecule has 1 aliphatic heterocycles. The standard InChI is InChI=1S/C20H29N3O3/c1-14(2)16-8-6-7-15(3)17(16)21-18(25)20(4,5)19(26)23-11-9-22(13-24)10-12-23/h6-8,13-14H,9-12H2,1-5H3,(H,21,25). The van der Waals surface area contributed by atoms with Crippen molar-refractivity contribution in [1.29, 1.82) is 0 Å². The molecule has 0 saturated carbocycles. The van der Waals surface area contributed by atoms with Crippen molar-refractivity contribution < 1.29 is 14.4 Å². The van der Waals surface area contributed by atoms with Crippen LogP contribution in [-0.4, -0.2) is 54.2 Å². The highest BCUT2D eigenvalue weighted by Crippen LogP contribution is 2.30. The second-order valence-electron chi connectivity index (χ2n) is 7.71. The minimum absolute atomic E-state index is 0.208. The van der Waals surface area contributed by atoms with E-state index in [1.165, 1.54) is 0 Å².